The average Bonchev–Trinajstić information content (AvgIpc) is 3.07. The lowest BCUT2D eigenvalue weighted by Crippen LogP contribution is -2.56. The van der Waals surface area contributed by atoms with Gasteiger partial charge < -0.3 is 14.6 Å². The molecule has 2 aliphatic carbocycles. The molecule has 2 heterocycles. The second-order valence-electron chi connectivity index (χ2n) is 6.33. The summed E-state index contributed by atoms with van der Waals surface area (Å²) in [7, 11) is 0. The molecular weight excluding hydrogens is 260 g/mol. The predicted octanol–water partition coefficient (Wildman–Crippen LogP) is 1.15. The molecule has 2 aliphatic heterocycles. The summed E-state index contributed by atoms with van der Waals surface area (Å²) in [6, 6.07) is 0. The van der Waals surface area contributed by atoms with E-state index in [4.69, 9.17) is 9.47 Å². The van der Waals surface area contributed by atoms with Crippen LogP contribution < -0.4 is 0 Å². The number of carboxylic acid groups (broad SMARTS) is 1. The Morgan fingerprint density at radius 2 is 2.20 bits per heavy atom. The van der Waals surface area contributed by atoms with Crippen LogP contribution in [0.4, 0.5) is 0 Å². The smallest absolute Gasteiger partial charge is 0.341 e. The van der Waals surface area contributed by atoms with Crippen LogP contribution in [0.5, 0.6) is 0 Å². The van der Waals surface area contributed by atoms with Gasteiger partial charge in [-0.2, -0.15) is 0 Å². The zero-order chi connectivity index (χ0) is 14.3. The standard InChI is InChI=1S/C15H16O5/c1-7-4-14-10(8(7)2)3-9(12(16)17)11(14)5-19-13(18)15(14)6-20-15/h3-4,8,10-11H,5-6H2,1-2H3,(H,16,17)/t8-,10+,11-,14-,15+/m0/s1. The zero-order valence-electron chi connectivity index (χ0n) is 11.4. The highest BCUT2D eigenvalue weighted by Gasteiger charge is 2.78. The van der Waals surface area contributed by atoms with Gasteiger partial charge in [-0.1, -0.05) is 24.6 Å². The lowest BCUT2D eigenvalue weighted by Gasteiger charge is -2.43. The van der Waals surface area contributed by atoms with Crippen LogP contribution in [0.25, 0.3) is 0 Å². The molecule has 5 atom stereocenters. The van der Waals surface area contributed by atoms with Crippen molar-refractivity contribution in [2.24, 2.45) is 23.2 Å². The maximum Gasteiger partial charge on any atom is 0.341 e. The molecule has 4 aliphatic rings. The van der Waals surface area contributed by atoms with Gasteiger partial charge in [0.15, 0.2) is 5.60 Å². The molecule has 5 heteroatoms. The number of epoxide rings is 1. The van der Waals surface area contributed by atoms with Gasteiger partial charge in [0.2, 0.25) is 0 Å². The third-order valence-electron chi connectivity index (χ3n) is 5.68. The van der Waals surface area contributed by atoms with Crippen LogP contribution in [0, 0.1) is 23.2 Å². The van der Waals surface area contributed by atoms with E-state index in [2.05, 4.69) is 13.0 Å². The van der Waals surface area contributed by atoms with Crippen LogP contribution in [0.2, 0.25) is 0 Å². The molecule has 5 nitrogen and oxygen atoms in total. The number of carbonyl (C=O) groups excluding carboxylic acids is 1. The van der Waals surface area contributed by atoms with Crippen molar-refractivity contribution < 1.29 is 24.2 Å². The Hall–Kier alpha value is -1.62. The van der Waals surface area contributed by atoms with E-state index in [9.17, 15) is 14.7 Å². The van der Waals surface area contributed by atoms with Gasteiger partial charge in [0.05, 0.1) is 13.2 Å². The first kappa shape index (κ1) is 12.1. The first-order valence-corrected chi connectivity index (χ1v) is 6.89. The minimum absolute atomic E-state index is 0.00829. The first-order chi connectivity index (χ1) is 9.44. The summed E-state index contributed by atoms with van der Waals surface area (Å²) in [5, 5.41) is 9.44. The Balaban J connectivity index is 1.92. The molecule has 0 radical (unpaired) electrons. The van der Waals surface area contributed by atoms with E-state index in [1.165, 1.54) is 5.57 Å². The van der Waals surface area contributed by atoms with Gasteiger partial charge in [0.25, 0.3) is 0 Å². The van der Waals surface area contributed by atoms with Crippen molar-refractivity contribution >= 4 is 11.9 Å². The lowest BCUT2D eigenvalue weighted by molar-refractivity contribution is -0.170. The van der Waals surface area contributed by atoms with Gasteiger partial charge in [-0.05, 0) is 18.8 Å². The number of esters is 1. The molecule has 2 saturated heterocycles. The average molecular weight is 276 g/mol. The number of hydrogen-bond donors (Lipinski definition) is 1. The Labute approximate surface area is 116 Å². The number of rotatable bonds is 1. The van der Waals surface area contributed by atoms with Crippen molar-refractivity contribution in [2.45, 2.75) is 19.4 Å². The van der Waals surface area contributed by atoms with Crippen LogP contribution in [0.3, 0.4) is 0 Å². The second kappa shape index (κ2) is 3.34. The molecule has 20 heavy (non-hydrogen) atoms. The van der Waals surface area contributed by atoms with Crippen LogP contribution in [-0.2, 0) is 19.1 Å². The third-order valence-corrected chi connectivity index (χ3v) is 5.68. The fourth-order valence-corrected chi connectivity index (χ4v) is 4.49. The molecule has 106 valence electrons. The summed E-state index contributed by atoms with van der Waals surface area (Å²) in [6.45, 7) is 4.59. The van der Waals surface area contributed by atoms with Gasteiger partial charge in [0, 0.05) is 16.9 Å². The van der Waals surface area contributed by atoms with Gasteiger partial charge in [-0.25, -0.2) is 9.59 Å². The maximum absolute atomic E-state index is 12.2. The second-order valence-corrected chi connectivity index (χ2v) is 6.33. The number of ether oxygens (including phenoxy) is 2. The third kappa shape index (κ3) is 1.06. The minimum atomic E-state index is -0.958. The number of carboxylic acids is 1. The fourth-order valence-electron chi connectivity index (χ4n) is 4.49. The van der Waals surface area contributed by atoms with Crippen molar-refractivity contribution in [3.05, 3.63) is 23.3 Å². The molecule has 0 bridgehead atoms. The summed E-state index contributed by atoms with van der Waals surface area (Å²) in [5.74, 6) is -1.33. The quantitative estimate of drug-likeness (QED) is 0.442. The predicted molar refractivity (Wildman–Crippen MR) is 67.7 cm³/mol. The van der Waals surface area contributed by atoms with Crippen molar-refractivity contribution in [1.29, 1.82) is 0 Å². The highest BCUT2D eigenvalue weighted by Crippen LogP contribution is 2.68. The van der Waals surface area contributed by atoms with Gasteiger partial charge >= 0.3 is 11.9 Å². The molecule has 0 saturated carbocycles. The highest BCUT2D eigenvalue weighted by molar-refractivity contribution is 5.92. The lowest BCUT2D eigenvalue weighted by atomic mass is 9.61. The molecule has 4 rings (SSSR count). The van der Waals surface area contributed by atoms with E-state index in [-0.39, 0.29) is 30.3 Å². The fraction of sp³-hybridized carbons (Fsp3) is 0.600. The Bertz CT molecular complexity index is 597. The van der Waals surface area contributed by atoms with E-state index in [0.717, 1.165) is 0 Å². The molecule has 1 N–H and O–H groups in total. The van der Waals surface area contributed by atoms with Crippen molar-refractivity contribution in [2.75, 3.05) is 13.2 Å². The van der Waals surface area contributed by atoms with Gasteiger partial charge in [0.1, 0.15) is 0 Å². The number of cyclic esters (lactones) is 1. The van der Waals surface area contributed by atoms with Crippen LogP contribution in [0.1, 0.15) is 13.8 Å². The normalized spacial score (nSPS) is 48.3. The number of allylic oxidation sites excluding steroid dienone is 2. The van der Waals surface area contributed by atoms with E-state index in [0.29, 0.717) is 12.2 Å². The zero-order valence-corrected chi connectivity index (χ0v) is 11.4. The molecule has 0 unspecified atom stereocenters. The Morgan fingerprint density at radius 1 is 1.50 bits per heavy atom. The van der Waals surface area contributed by atoms with Crippen molar-refractivity contribution in [1.82, 2.24) is 0 Å². The molecule has 0 aromatic rings. The molecule has 0 amide bonds. The summed E-state index contributed by atoms with van der Waals surface area (Å²) in [6.07, 6.45) is 3.92. The molecule has 2 fully saturated rings. The van der Waals surface area contributed by atoms with Crippen LogP contribution in [-0.4, -0.2) is 35.9 Å². The van der Waals surface area contributed by atoms with Gasteiger partial charge in [-0.3, -0.25) is 0 Å². The van der Waals surface area contributed by atoms with E-state index in [1.807, 2.05) is 13.0 Å². The number of aliphatic carboxylic acids is 1. The molecule has 0 aromatic carbocycles. The number of hydrogen-bond acceptors (Lipinski definition) is 4. The van der Waals surface area contributed by atoms with E-state index >= 15 is 0 Å². The van der Waals surface area contributed by atoms with Crippen LogP contribution >= 0.6 is 0 Å². The van der Waals surface area contributed by atoms with Crippen molar-refractivity contribution in [3.63, 3.8) is 0 Å². The SMILES string of the molecule is CC1=C[C@]23[C@H](C=C(C(=O)O)[C@@H]2COC(=O)[C@]32CO2)[C@H]1C. The van der Waals surface area contributed by atoms with E-state index < -0.39 is 17.0 Å². The highest BCUT2D eigenvalue weighted by atomic mass is 16.6. The molecular formula is C15H16O5. The first-order valence-electron chi connectivity index (χ1n) is 6.89. The number of carbonyl (C=O) groups is 2. The van der Waals surface area contributed by atoms with Crippen LogP contribution in [0.15, 0.2) is 23.3 Å². The molecule has 0 aromatic heterocycles. The van der Waals surface area contributed by atoms with E-state index in [1.54, 1.807) is 0 Å². The topological polar surface area (TPSA) is 76.1 Å². The van der Waals surface area contributed by atoms with Gasteiger partial charge in [-0.15, -0.1) is 0 Å². The largest absolute Gasteiger partial charge is 0.478 e. The maximum atomic E-state index is 12.2. The monoisotopic (exact) mass is 276 g/mol. The Morgan fingerprint density at radius 3 is 2.80 bits per heavy atom. The summed E-state index contributed by atoms with van der Waals surface area (Å²) >= 11 is 0. The van der Waals surface area contributed by atoms with Crippen molar-refractivity contribution in [3.8, 4) is 0 Å². The minimum Gasteiger partial charge on any atom is -0.478 e. The summed E-state index contributed by atoms with van der Waals surface area (Å²) in [4.78, 5) is 23.7. The summed E-state index contributed by atoms with van der Waals surface area (Å²) < 4.78 is 10.8. The molecule has 2 spiro atoms. The Kier molecular flexibility index (Phi) is 2.03. The summed E-state index contributed by atoms with van der Waals surface area (Å²) in [5.41, 5.74) is 0.0538.